The summed E-state index contributed by atoms with van der Waals surface area (Å²) in [7, 11) is 0. The van der Waals surface area contributed by atoms with Gasteiger partial charge in [-0.15, -0.1) is 0 Å². The summed E-state index contributed by atoms with van der Waals surface area (Å²) in [5.41, 5.74) is -0.0927. The Hall–Kier alpha value is -1.66. The number of carboxylic acids is 2. The van der Waals surface area contributed by atoms with E-state index in [1.165, 1.54) is 25.7 Å². The molecule has 0 spiro atoms. The molecule has 8 saturated carbocycles. The Kier molecular flexibility index (Phi) is 6.81. The molecule has 0 amide bonds. The molecule has 0 aromatic rings. The fourth-order valence-electron chi connectivity index (χ4n) is 9.00. The lowest BCUT2D eigenvalue weighted by molar-refractivity contribution is -0.157. The summed E-state index contributed by atoms with van der Waals surface area (Å²) in [6.45, 7) is 6.61. The molecule has 0 aliphatic heterocycles. The molecule has 6 nitrogen and oxygen atoms in total. The molecule has 6 heteroatoms. The molecule has 0 aromatic carbocycles. The van der Waals surface area contributed by atoms with E-state index in [1.54, 1.807) is 0 Å². The van der Waals surface area contributed by atoms with Gasteiger partial charge in [-0.1, -0.05) is 13.2 Å². The molecule has 8 rings (SSSR count). The van der Waals surface area contributed by atoms with Crippen LogP contribution in [-0.4, -0.2) is 44.1 Å². The molecule has 4 N–H and O–H groups in total. The highest BCUT2D eigenvalue weighted by molar-refractivity contribution is 5.85. The van der Waals surface area contributed by atoms with Crippen molar-refractivity contribution in [3.63, 3.8) is 0 Å². The SMILES string of the molecule is C=C(CC12CC3CC(CC(C3)C1O)C2)C(=O)O.C=CC(=O)O.OC12CC3CC(CC(C3)C1)C2. The summed E-state index contributed by atoms with van der Waals surface area (Å²) in [5.74, 6) is 2.65. The average molecular weight is 461 g/mol. The Labute approximate surface area is 196 Å². The van der Waals surface area contributed by atoms with Crippen molar-refractivity contribution < 1.29 is 30.0 Å². The van der Waals surface area contributed by atoms with E-state index < -0.39 is 11.9 Å². The van der Waals surface area contributed by atoms with Crippen LogP contribution in [0.1, 0.15) is 77.0 Å². The van der Waals surface area contributed by atoms with Crippen molar-refractivity contribution in [1.29, 1.82) is 0 Å². The number of carboxylic acid groups (broad SMARTS) is 2. The van der Waals surface area contributed by atoms with Gasteiger partial charge in [0.2, 0.25) is 0 Å². The van der Waals surface area contributed by atoms with Crippen LogP contribution in [0.4, 0.5) is 0 Å². The summed E-state index contributed by atoms with van der Waals surface area (Å²) in [5, 5.41) is 37.2. The average Bonchev–Trinajstić information content (AvgIpc) is 2.70. The van der Waals surface area contributed by atoms with Gasteiger partial charge in [0.15, 0.2) is 0 Å². The molecule has 0 aromatic heterocycles. The maximum atomic E-state index is 10.9. The molecule has 0 radical (unpaired) electrons. The predicted octanol–water partition coefficient (Wildman–Crippen LogP) is 4.41. The fourth-order valence-corrected chi connectivity index (χ4v) is 9.00. The zero-order valence-corrected chi connectivity index (χ0v) is 19.6. The number of aliphatic hydroxyl groups is 2. The minimum Gasteiger partial charge on any atom is -0.478 e. The van der Waals surface area contributed by atoms with Gasteiger partial charge >= 0.3 is 11.9 Å². The summed E-state index contributed by atoms with van der Waals surface area (Å²) in [6.07, 6.45) is 14.3. The van der Waals surface area contributed by atoms with Crippen LogP contribution < -0.4 is 0 Å². The van der Waals surface area contributed by atoms with Crippen molar-refractivity contribution in [2.45, 2.75) is 88.8 Å². The second kappa shape index (κ2) is 9.18. The first-order chi connectivity index (χ1) is 15.5. The van der Waals surface area contributed by atoms with Crippen molar-refractivity contribution in [1.82, 2.24) is 0 Å². The topological polar surface area (TPSA) is 115 Å². The van der Waals surface area contributed by atoms with Crippen molar-refractivity contribution in [2.24, 2.45) is 40.9 Å². The number of rotatable bonds is 4. The van der Waals surface area contributed by atoms with Gasteiger partial charge in [0.05, 0.1) is 11.7 Å². The van der Waals surface area contributed by atoms with Crippen LogP contribution >= 0.6 is 0 Å². The van der Waals surface area contributed by atoms with E-state index in [2.05, 4.69) is 13.2 Å². The molecule has 8 aliphatic carbocycles. The standard InChI is InChI=1S/C14H20O3.C10H16O.C3H4O2/c1-8(13(16)17)5-14-6-9-2-10(7-14)4-11(3-9)12(14)15;11-10-4-7-1-8(5-10)3-9(2-7)6-10;1-2-3(4)5/h9-12,15H,1-7H2,(H,16,17);7-9,11H,1-6H2;2H,1H2,(H,4,5). The lowest BCUT2D eigenvalue weighted by atomic mass is 9.47. The van der Waals surface area contributed by atoms with Crippen LogP contribution in [0.2, 0.25) is 0 Å². The maximum Gasteiger partial charge on any atom is 0.330 e. The first kappa shape index (κ1) is 24.5. The van der Waals surface area contributed by atoms with Gasteiger partial charge in [0.25, 0.3) is 0 Å². The van der Waals surface area contributed by atoms with Gasteiger partial charge < -0.3 is 20.4 Å². The van der Waals surface area contributed by atoms with E-state index in [0.717, 1.165) is 80.6 Å². The number of hydrogen-bond donors (Lipinski definition) is 4. The van der Waals surface area contributed by atoms with Gasteiger partial charge in [0, 0.05) is 17.1 Å². The molecule has 8 bridgehead atoms. The lowest BCUT2D eigenvalue weighted by Crippen LogP contribution is -2.56. The number of aliphatic carboxylic acids is 2. The second-order valence-electron chi connectivity index (χ2n) is 12.2. The minimum atomic E-state index is -0.981. The molecule has 8 fully saturated rings. The van der Waals surface area contributed by atoms with Crippen LogP contribution in [-0.2, 0) is 9.59 Å². The third-order valence-electron chi connectivity index (χ3n) is 9.45. The number of aliphatic hydroxyl groups excluding tert-OH is 1. The Morgan fingerprint density at radius 2 is 1.21 bits per heavy atom. The fraction of sp³-hybridized carbons (Fsp3) is 0.778. The smallest absolute Gasteiger partial charge is 0.330 e. The molecule has 3 atom stereocenters. The quantitative estimate of drug-likeness (QED) is 0.462. The van der Waals surface area contributed by atoms with E-state index in [9.17, 15) is 19.8 Å². The summed E-state index contributed by atoms with van der Waals surface area (Å²) in [4.78, 5) is 20.2. The molecule has 0 heterocycles. The third kappa shape index (κ3) is 5.22. The third-order valence-corrected chi connectivity index (χ3v) is 9.45. The highest BCUT2D eigenvalue weighted by Crippen LogP contribution is 2.62. The number of carbonyl (C=O) groups is 2. The van der Waals surface area contributed by atoms with Crippen LogP contribution in [0.15, 0.2) is 24.8 Å². The van der Waals surface area contributed by atoms with Crippen molar-refractivity contribution in [3.8, 4) is 0 Å². The Balaban J connectivity index is 0.000000138. The Morgan fingerprint density at radius 1 is 0.818 bits per heavy atom. The molecule has 33 heavy (non-hydrogen) atoms. The van der Waals surface area contributed by atoms with Crippen molar-refractivity contribution in [3.05, 3.63) is 24.8 Å². The zero-order valence-electron chi connectivity index (χ0n) is 19.6. The largest absolute Gasteiger partial charge is 0.478 e. The van der Waals surface area contributed by atoms with Crippen molar-refractivity contribution >= 4 is 11.9 Å². The molecular weight excluding hydrogens is 420 g/mol. The van der Waals surface area contributed by atoms with Gasteiger partial charge in [-0.3, -0.25) is 0 Å². The van der Waals surface area contributed by atoms with Crippen LogP contribution in [0.5, 0.6) is 0 Å². The van der Waals surface area contributed by atoms with Crippen LogP contribution in [0, 0.1) is 40.9 Å². The number of hydrogen-bond acceptors (Lipinski definition) is 4. The molecule has 184 valence electrons. The van der Waals surface area contributed by atoms with Crippen LogP contribution in [0.3, 0.4) is 0 Å². The lowest BCUT2D eigenvalue weighted by Gasteiger charge is -2.59. The molecule has 0 saturated heterocycles. The van der Waals surface area contributed by atoms with Crippen LogP contribution in [0.25, 0.3) is 0 Å². The first-order valence-electron chi connectivity index (χ1n) is 12.7. The van der Waals surface area contributed by atoms with Gasteiger partial charge in [-0.2, -0.15) is 0 Å². The Morgan fingerprint density at radius 3 is 1.55 bits per heavy atom. The summed E-state index contributed by atoms with van der Waals surface area (Å²) >= 11 is 0. The van der Waals surface area contributed by atoms with E-state index in [4.69, 9.17) is 10.2 Å². The second-order valence-corrected chi connectivity index (χ2v) is 12.2. The van der Waals surface area contributed by atoms with E-state index in [0.29, 0.717) is 12.3 Å². The maximum absolute atomic E-state index is 10.9. The predicted molar refractivity (Wildman–Crippen MR) is 124 cm³/mol. The highest BCUT2D eigenvalue weighted by Gasteiger charge is 2.56. The monoisotopic (exact) mass is 460 g/mol. The normalized spacial score (nSPS) is 45.3. The van der Waals surface area contributed by atoms with Crippen molar-refractivity contribution in [2.75, 3.05) is 0 Å². The van der Waals surface area contributed by atoms with Gasteiger partial charge in [0.1, 0.15) is 0 Å². The minimum absolute atomic E-state index is 0.162. The van der Waals surface area contributed by atoms with Gasteiger partial charge in [-0.05, 0) is 113 Å². The molecule has 3 unspecified atom stereocenters. The molecule has 8 aliphatic rings. The summed E-state index contributed by atoms with van der Waals surface area (Å²) in [6, 6.07) is 0. The Bertz CT molecular complexity index is 751. The van der Waals surface area contributed by atoms with E-state index >= 15 is 0 Å². The molecular formula is C27H40O6. The van der Waals surface area contributed by atoms with E-state index in [-0.39, 0.29) is 22.7 Å². The summed E-state index contributed by atoms with van der Waals surface area (Å²) < 4.78 is 0. The highest BCUT2D eigenvalue weighted by atomic mass is 16.4. The first-order valence-corrected chi connectivity index (χ1v) is 12.7. The van der Waals surface area contributed by atoms with E-state index in [1.807, 2.05) is 0 Å². The zero-order chi connectivity index (χ0) is 24.0. The van der Waals surface area contributed by atoms with Gasteiger partial charge in [-0.25, -0.2) is 9.59 Å².